The monoisotopic (exact) mass is 447 g/mol. The summed E-state index contributed by atoms with van der Waals surface area (Å²) in [5.41, 5.74) is 1.21. The van der Waals surface area contributed by atoms with Crippen LogP contribution in [0, 0.1) is 11.7 Å². The van der Waals surface area contributed by atoms with Crippen LogP contribution in [0.25, 0.3) is 0 Å². The Bertz CT molecular complexity index is 818. The van der Waals surface area contributed by atoms with E-state index in [2.05, 4.69) is 32.8 Å². The minimum atomic E-state index is -0.262. The van der Waals surface area contributed by atoms with E-state index in [0.29, 0.717) is 18.2 Å². The maximum atomic E-state index is 13.0. The van der Waals surface area contributed by atoms with Gasteiger partial charge in [-0.2, -0.15) is 0 Å². The van der Waals surface area contributed by atoms with Crippen molar-refractivity contribution in [2.24, 2.45) is 10.9 Å². The maximum absolute atomic E-state index is 13.0. The van der Waals surface area contributed by atoms with E-state index in [0.717, 1.165) is 38.6 Å². The lowest BCUT2D eigenvalue weighted by molar-refractivity contribution is 0.176. The van der Waals surface area contributed by atoms with Gasteiger partial charge in [0.05, 0.1) is 17.2 Å². The topological polar surface area (TPSA) is 61.8 Å². The van der Waals surface area contributed by atoms with Crippen LogP contribution in [0.1, 0.15) is 37.4 Å². The normalized spacial score (nSPS) is 16.8. The molecule has 1 saturated heterocycles. The fraction of sp³-hybridized carbons (Fsp3) is 0.565. The Morgan fingerprint density at radius 1 is 1.29 bits per heavy atom. The van der Waals surface area contributed by atoms with Gasteiger partial charge in [0.25, 0.3) is 0 Å². The maximum Gasteiger partial charge on any atom is 0.191 e. The molecule has 1 unspecified atom stereocenters. The second kappa shape index (κ2) is 12.0. The lowest BCUT2D eigenvalue weighted by Gasteiger charge is -2.31. The fourth-order valence-electron chi connectivity index (χ4n) is 3.65. The van der Waals surface area contributed by atoms with Crippen LogP contribution in [0.4, 0.5) is 4.39 Å². The average Bonchev–Trinajstić information content (AvgIpc) is 3.24. The molecule has 0 saturated carbocycles. The van der Waals surface area contributed by atoms with Crippen LogP contribution in [-0.2, 0) is 13.0 Å². The minimum absolute atomic E-state index is 0.0637. The summed E-state index contributed by atoms with van der Waals surface area (Å²) < 4.78 is 18.8. The Labute approximate surface area is 188 Å². The molecule has 1 fully saturated rings. The van der Waals surface area contributed by atoms with Crippen molar-refractivity contribution >= 4 is 17.3 Å². The lowest BCUT2D eigenvalue weighted by Crippen LogP contribution is -2.45. The number of aliphatic imine (C=N–C) groups is 1. The first-order valence-corrected chi connectivity index (χ1v) is 12.0. The van der Waals surface area contributed by atoms with Crippen molar-refractivity contribution in [1.82, 2.24) is 20.5 Å². The largest absolute Gasteiger partial charge is 0.489 e. The third kappa shape index (κ3) is 7.78. The van der Waals surface area contributed by atoms with Gasteiger partial charge in [0.15, 0.2) is 5.96 Å². The number of rotatable bonds is 9. The average molecular weight is 448 g/mol. The van der Waals surface area contributed by atoms with Crippen molar-refractivity contribution in [2.75, 3.05) is 33.2 Å². The van der Waals surface area contributed by atoms with Crippen molar-refractivity contribution < 1.29 is 9.13 Å². The van der Waals surface area contributed by atoms with E-state index in [-0.39, 0.29) is 11.9 Å². The van der Waals surface area contributed by atoms with Crippen LogP contribution in [0.5, 0.6) is 5.75 Å². The molecule has 2 N–H and O–H groups in total. The van der Waals surface area contributed by atoms with Crippen molar-refractivity contribution in [3.63, 3.8) is 0 Å². The third-order valence-corrected chi connectivity index (χ3v) is 6.53. The molecular formula is C23H34FN5OS. The Kier molecular flexibility index (Phi) is 9.09. The van der Waals surface area contributed by atoms with Crippen molar-refractivity contribution in [2.45, 2.75) is 45.8 Å². The molecule has 1 aliphatic rings. The number of nitrogens with one attached hydrogen (secondary N) is 2. The number of piperidine rings is 1. The summed E-state index contributed by atoms with van der Waals surface area (Å²) in [6, 6.07) is 6.09. The molecule has 2 heterocycles. The van der Waals surface area contributed by atoms with Gasteiger partial charge < -0.3 is 15.4 Å². The van der Waals surface area contributed by atoms with Crippen LogP contribution >= 0.6 is 11.3 Å². The molecular weight excluding hydrogens is 413 g/mol. The fourth-order valence-corrected chi connectivity index (χ4v) is 4.39. The van der Waals surface area contributed by atoms with Gasteiger partial charge in [-0.25, -0.2) is 9.37 Å². The van der Waals surface area contributed by atoms with E-state index in [1.165, 1.54) is 35.7 Å². The molecule has 1 aromatic heterocycles. The highest BCUT2D eigenvalue weighted by atomic mass is 32.1. The molecule has 6 nitrogen and oxygen atoms in total. The molecule has 0 spiro atoms. The Balaban J connectivity index is 1.32. The van der Waals surface area contributed by atoms with Gasteiger partial charge in [0, 0.05) is 25.5 Å². The number of nitrogens with zero attached hydrogens (tertiary/aromatic N) is 3. The van der Waals surface area contributed by atoms with Crippen LogP contribution in [0.2, 0.25) is 0 Å². The summed E-state index contributed by atoms with van der Waals surface area (Å²) >= 11 is 1.77. The zero-order valence-electron chi connectivity index (χ0n) is 18.7. The van der Waals surface area contributed by atoms with Crippen LogP contribution in [0.15, 0.2) is 34.6 Å². The summed E-state index contributed by atoms with van der Waals surface area (Å²) in [6.45, 7) is 8.85. The summed E-state index contributed by atoms with van der Waals surface area (Å²) in [6.07, 6.45) is 3.31. The number of benzene rings is 1. The SMILES string of the molecule is CCc1nc(CN2CCC(CNC(=NC)NCC(C)Oc3ccc(F)cc3)CC2)cs1. The van der Waals surface area contributed by atoms with Gasteiger partial charge in [-0.15, -0.1) is 11.3 Å². The molecule has 2 aromatic rings. The summed E-state index contributed by atoms with van der Waals surface area (Å²) in [4.78, 5) is 11.5. The van der Waals surface area contributed by atoms with E-state index in [1.54, 1.807) is 30.5 Å². The first-order chi connectivity index (χ1) is 15.1. The molecule has 1 atom stereocenters. The van der Waals surface area contributed by atoms with E-state index < -0.39 is 0 Å². The van der Waals surface area contributed by atoms with Gasteiger partial charge in [-0.05, 0) is 69.5 Å². The van der Waals surface area contributed by atoms with Gasteiger partial charge in [0.2, 0.25) is 0 Å². The molecule has 31 heavy (non-hydrogen) atoms. The van der Waals surface area contributed by atoms with Gasteiger partial charge in [-0.3, -0.25) is 9.89 Å². The van der Waals surface area contributed by atoms with Gasteiger partial charge in [0.1, 0.15) is 17.7 Å². The number of guanidine groups is 1. The van der Waals surface area contributed by atoms with E-state index in [4.69, 9.17) is 9.72 Å². The number of ether oxygens (including phenoxy) is 1. The second-order valence-electron chi connectivity index (χ2n) is 8.02. The molecule has 0 amide bonds. The van der Waals surface area contributed by atoms with Crippen LogP contribution in [-0.4, -0.2) is 55.2 Å². The smallest absolute Gasteiger partial charge is 0.191 e. The molecule has 0 radical (unpaired) electrons. The summed E-state index contributed by atoms with van der Waals surface area (Å²) in [5.74, 6) is 1.83. The molecule has 8 heteroatoms. The molecule has 170 valence electrons. The molecule has 3 rings (SSSR count). The minimum Gasteiger partial charge on any atom is -0.489 e. The van der Waals surface area contributed by atoms with Crippen LogP contribution < -0.4 is 15.4 Å². The van der Waals surface area contributed by atoms with Gasteiger partial charge in [-0.1, -0.05) is 6.92 Å². The van der Waals surface area contributed by atoms with Gasteiger partial charge >= 0.3 is 0 Å². The number of aromatic nitrogens is 1. The number of halogens is 1. The highest BCUT2D eigenvalue weighted by molar-refractivity contribution is 7.09. The second-order valence-corrected chi connectivity index (χ2v) is 8.96. The van der Waals surface area contributed by atoms with Crippen molar-refractivity contribution in [1.29, 1.82) is 0 Å². The number of thiazole rings is 1. The zero-order chi connectivity index (χ0) is 22.1. The predicted octanol–water partition coefficient (Wildman–Crippen LogP) is 3.69. The quantitative estimate of drug-likeness (QED) is 0.454. The molecule has 1 aliphatic heterocycles. The Hall–Kier alpha value is -2.19. The van der Waals surface area contributed by atoms with Crippen molar-refractivity contribution in [3.8, 4) is 5.75 Å². The number of aryl methyl sites for hydroxylation is 1. The highest BCUT2D eigenvalue weighted by Gasteiger charge is 2.20. The predicted molar refractivity (Wildman–Crippen MR) is 125 cm³/mol. The van der Waals surface area contributed by atoms with E-state index in [1.807, 2.05) is 6.92 Å². The molecule has 0 bridgehead atoms. The van der Waals surface area contributed by atoms with Crippen molar-refractivity contribution in [3.05, 3.63) is 46.2 Å². The Morgan fingerprint density at radius 2 is 2.03 bits per heavy atom. The van der Waals surface area contributed by atoms with E-state index in [9.17, 15) is 4.39 Å². The van der Waals surface area contributed by atoms with E-state index >= 15 is 0 Å². The highest BCUT2D eigenvalue weighted by Crippen LogP contribution is 2.19. The number of likely N-dealkylation sites (tertiary alicyclic amines) is 1. The summed E-state index contributed by atoms with van der Waals surface area (Å²) in [5, 5.41) is 10.2. The molecule has 0 aliphatic carbocycles. The Morgan fingerprint density at radius 3 is 2.68 bits per heavy atom. The standard InChI is InChI=1S/C23H34FN5OS/c1-4-22-28-20(16-31-22)15-29-11-9-18(10-12-29)14-27-23(25-3)26-13-17(2)30-21-7-5-19(24)6-8-21/h5-8,16-18H,4,9-15H2,1-3H3,(H2,25,26,27). The zero-order valence-corrected chi connectivity index (χ0v) is 19.6. The number of hydrogen-bond acceptors (Lipinski definition) is 5. The lowest BCUT2D eigenvalue weighted by atomic mass is 9.97. The number of hydrogen-bond donors (Lipinski definition) is 2. The first kappa shape index (κ1) is 23.5. The third-order valence-electron chi connectivity index (χ3n) is 5.48. The first-order valence-electron chi connectivity index (χ1n) is 11.1. The summed E-state index contributed by atoms with van der Waals surface area (Å²) in [7, 11) is 1.78. The van der Waals surface area contributed by atoms with Crippen LogP contribution in [0.3, 0.4) is 0 Å². The molecule has 1 aromatic carbocycles.